The summed E-state index contributed by atoms with van der Waals surface area (Å²) in [5.74, 6) is 0. The van der Waals surface area contributed by atoms with E-state index in [1.807, 2.05) is 0 Å². The van der Waals surface area contributed by atoms with Gasteiger partial charge in [0, 0.05) is 37.8 Å². The van der Waals surface area contributed by atoms with E-state index >= 15 is 0 Å². The average molecular weight is 253 g/mol. The van der Waals surface area contributed by atoms with E-state index < -0.39 is 0 Å². The van der Waals surface area contributed by atoms with Crippen LogP contribution in [0.15, 0.2) is 0 Å². The van der Waals surface area contributed by atoms with E-state index in [4.69, 9.17) is 0 Å². The van der Waals surface area contributed by atoms with E-state index in [1.54, 1.807) is 0 Å². The Morgan fingerprint density at radius 1 is 1.22 bits per heavy atom. The van der Waals surface area contributed by atoms with Crippen molar-refractivity contribution in [1.29, 1.82) is 0 Å². The number of likely N-dealkylation sites (N-methyl/N-ethyl adjacent to an activating group) is 1. The number of hydrogen-bond acceptors (Lipinski definition) is 3. The zero-order valence-corrected chi connectivity index (χ0v) is 12.5. The third-order valence-electron chi connectivity index (χ3n) is 4.76. The summed E-state index contributed by atoms with van der Waals surface area (Å²) in [6, 6.07) is 2.24. The van der Waals surface area contributed by atoms with Gasteiger partial charge < -0.3 is 5.32 Å². The van der Waals surface area contributed by atoms with Crippen LogP contribution in [0.1, 0.15) is 46.5 Å². The lowest BCUT2D eigenvalue weighted by Gasteiger charge is -2.48. The number of rotatable bonds is 5. The van der Waals surface area contributed by atoms with Crippen LogP contribution in [0.2, 0.25) is 0 Å². The Kier molecular flexibility index (Phi) is 5.46. The van der Waals surface area contributed by atoms with Crippen molar-refractivity contribution in [3.63, 3.8) is 0 Å². The van der Waals surface area contributed by atoms with Crippen molar-refractivity contribution in [3.05, 3.63) is 0 Å². The van der Waals surface area contributed by atoms with Gasteiger partial charge in [0.1, 0.15) is 0 Å². The molecule has 2 aliphatic heterocycles. The van der Waals surface area contributed by atoms with Crippen molar-refractivity contribution in [3.8, 4) is 0 Å². The first-order chi connectivity index (χ1) is 8.74. The van der Waals surface area contributed by atoms with E-state index in [1.165, 1.54) is 51.9 Å². The first kappa shape index (κ1) is 14.3. The van der Waals surface area contributed by atoms with E-state index in [-0.39, 0.29) is 0 Å². The number of piperidine rings is 1. The molecule has 106 valence electrons. The molecule has 3 atom stereocenters. The fourth-order valence-electron chi connectivity index (χ4n) is 3.58. The second kappa shape index (κ2) is 6.88. The second-order valence-corrected chi connectivity index (χ2v) is 6.11. The minimum absolute atomic E-state index is 0.674. The van der Waals surface area contributed by atoms with Crippen molar-refractivity contribution >= 4 is 0 Å². The summed E-state index contributed by atoms with van der Waals surface area (Å²) in [6.45, 7) is 13.2. The highest BCUT2D eigenvalue weighted by Gasteiger charge is 2.33. The molecule has 2 saturated heterocycles. The molecule has 0 aromatic carbocycles. The largest absolute Gasteiger partial charge is 0.313 e. The zero-order valence-electron chi connectivity index (χ0n) is 12.5. The molecule has 2 rings (SSSR count). The van der Waals surface area contributed by atoms with Crippen LogP contribution < -0.4 is 5.32 Å². The second-order valence-electron chi connectivity index (χ2n) is 6.11. The van der Waals surface area contributed by atoms with Crippen molar-refractivity contribution in [1.82, 2.24) is 15.1 Å². The summed E-state index contributed by atoms with van der Waals surface area (Å²) in [5.41, 5.74) is 0. The molecule has 2 aliphatic rings. The van der Waals surface area contributed by atoms with Gasteiger partial charge in [0.2, 0.25) is 0 Å². The third-order valence-corrected chi connectivity index (χ3v) is 4.76. The predicted octanol–water partition coefficient (Wildman–Crippen LogP) is 1.93. The Hall–Kier alpha value is -0.120. The Morgan fingerprint density at radius 3 is 2.78 bits per heavy atom. The average Bonchev–Trinajstić information content (AvgIpc) is 2.39. The van der Waals surface area contributed by atoms with Crippen LogP contribution in [0.25, 0.3) is 0 Å². The molecule has 2 fully saturated rings. The summed E-state index contributed by atoms with van der Waals surface area (Å²) >= 11 is 0. The smallest absolute Gasteiger partial charge is 0.0223 e. The van der Waals surface area contributed by atoms with Crippen LogP contribution in [0.5, 0.6) is 0 Å². The van der Waals surface area contributed by atoms with Crippen LogP contribution in [0.3, 0.4) is 0 Å². The molecule has 0 aromatic heterocycles. The first-order valence-corrected chi connectivity index (χ1v) is 7.96. The molecular weight excluding hydrogens is 222 g/mol. The van der Waals surface area contributed by atoms with Crippen LogP contribution >= 0.6 is 0 Å². The highest BCUT2D eigenvalue weighted by molar-refractivity contribution is 4.90. The topological polar surface area (TPSA) is 18.5 Å². The van der Waals surface area contributed by atoms with Crippen LogP contribution in [-0.4, -0.2) is 60.6 Å². The molecule has 0 radical (unpaired) electrons. The van der Waals surface area contributed by atoms with E-state index in [2.05, 4.69) is 35.9 Å². The zero-order chi connectivity index (χ0) is 13.0. The lowest BCUT2D eigenvalue weighted by atomic mass is 9.96. The van der Waals surface area contributed by atoms with Crippen LogP contribution in [0, 0.1) is 0 Å². The Morgan fingerprint density at radius 2 is 2.06 bits per heavy atom. The molecule has 3 unspecified atom stereocenters. The number of nitrogens with zero attached hydrogens (tertiary/aromatic N) is 2. The van der Waals surface area contributed by atoms with Gasteiger partial charge in [-0.25, -0.2) is 0 Å². The summed E-state index contributed by atoms with van der Waals surface area (Å²) < 4.78 is 0. The fraction of sp³-hybridized carbons (Fsp3) is 1.00. The highest BCUT2D eigenvalue weighted by Crippen LogP contribution is 2.24. The number of hydrogen-bond donors (Lipinski definition) is 1. The van der Waals surface area contributed by atoms with Gasteiger partial charge in [-0.3, -0.25) is 9.80 Å². The molecule has 3 nitrogen and oxygen atoms in total. The van der Waals surface area contributed by atoms with Gasteiger partial charge in [-0.05, 0) is 39.3 Å². The normalized spacial score (nSPS) is 32.2. The van der Waals surface area contributed by atoms with E-state index in [0.717, 1.165) is 18.6 Å². The van der Waals surface area contributed by atoms with Gasteiger partial charge in [0.05, 0.1) is 0 Å². The van der Waals surface area contributed by atoms with E-state index in [0.29, 0.717) is 6.04 Å². The first-order valence-electron chi connectivity index (χ1n) is 7.96. The summed E-state index contributed by atoms with van der Waals surface area (Å²) in [7, 11) is 0. The van der Waals surface area contributed by atoms with Gasteiger partial charge in [-0.1, -0.05) is 20.3 Å². The highest BCUT2D eigenvalue weighted by atomic mass is 15.3. The maximum absolute atomic E-state index is 3.62. The maximum Gasteiger partial charge on any atom is 0.0223 e. The molecule has 1 N–H and O–H groups in total. The predicted molar refractivity (Wildman–Crippen MR) is 78.0 cm³/mol. The van der Waals surface area contributed by atoms with Crippen LogP contribution in [-0.2, 0) is 0 Å². The summed E-state index contributed by atoms with van der Waals surface area (Å²) in [6.07, 6.45) is 5.51. The molecule has 0 saturated carbocycles. The number of fused-ring (bicyclic) bond motifs is 1. The SMILES string of the molecule is CCNC(CC)CN1CC2CCCCN2CC1C. The van der Waals surface area contributed by atoms with Gasteiger partial charge in [-0.15, -0.1) is 0 Å². The number of nitrogens with one attached hydrogen (secondary N) is 1. The van der Waals surface area contributed by atoms with Crippen molar-refractivity contribution < 1.29 is 0 Å². The maximum atomic E-state index is 3.62. The van der Waals surface area contributed by atoms with Crippen LogP contribution in [0.4, 0.5) is 0 Å². The Balaban J connectivity index is 1.88. The van der Waals surface area contributed by atoms with Gasteiger partial charge in [0.15, 0.2) is 0 Å². The molecule has 0 aromatic rings. The van der Waals surface area contributed by atoms with Gasteiger partial charge >= 0.3 is 0 Å². The minimum atomic E-state index is 0.674. The van der Waals surface area contributed by atoms with Crippen molar-refractivity contribution in [2.24, 2.45) is 0 Å². The molecule has 0 aliphatic carbocycles. The lowest BCUT2D eigenvalue weighted by molar-refractivity contribution is 0.0107. The lowest BCUT2D eigenvalue weighted by Crippen LogP contribution is -2.60. The van der Waals surface area contributed by atoms with Crippen molar-refractivity contribution in [2.75, 3.05) is 32.7 Å². The van der Waals surface area contributed by atoms with Gasteiger partial charge in [-0.2, -0.15) is 0 Å². The Bertz CT molecular complexity index is 242. The summed E-state index contributed by atoms with van der Waals surface area (Å²) in [5, 5.41) is 3.62. The Labute approximate surface area is 113 Å². The molecular formula is C15H31N3. The number of piperazine rings is 1. The molecule has 0 spiro atoms. The molecule has 18 heavy (non-hydrogen) atoms. The molecule has 0 amide bonds. The molecule has 0 bridgehead atoms. The van der Waals surface area contributed by atoms with Crippen molar-refractivity contribution in [2.45, 2.75) is 64.6 Å². The standard InChI is InChI=1S/C15H31N3/c1-4-14(16-5-2)11-18-12-15-8-6-7-9-17(15)10-13(18)3/h13-16H,4-12H2,1-3H3. The third kappa shape index (κ3) is 3.46. The molecule has 3 heteroatoms. The molecule has 2 heterocycles. The fourth-order valence-corrected chi connectivity index (χ4v) is 3.58. The van der Waals surface area contributed by atoms with Gasteiger partial charge in [0.25, 0.3) is 0 Å². The van der Waals surface area contributed by atoms with E-state index in [9.17, 15) is 0 Å². The minimum Gasteiger partial charge on any atom is -0.313 e. The quantitative estimate of drug-likeness (QED) is 0.808. The monoisotopic (exact) mass is 253 g/mol. The summed E-state index contributed by atoms with van der Waals surface area (Å²) in [4.78, 5) is 5.46.